The Morgan fingerprint density at radius 2 is 2.42 bits per heavy atom. The smallest absolute Gasteiger partial charge is 0.239 e. The molecule has 2 rings (SSSR count). The summed E-state index contributed by atoms with van der Waals surface area (Å²) < 4.78 is 0. The molecule has 0 bridgehead atoms. The second kappa shape index (κ2) is 6.19. The van der Waals surface area contributed by atoms with Gasteiger partial charge in [-0.05, 0) is 31.2 Å². The van der Waals surface area contributed by atoms with Gasteiger partial charge < -0.3 is 10.6 Å². The third kappa shape index (κ3) is 3.56. The number of likely N-dealkylation sites (tertiary alicyclic amines) is 1. The van der Waals surface area contributed by atoms with Crippen molar-refractivity contribution in [1.29, 1.82) is 0 Å². The zero-order valence-electron chi connectivity index (χ0n) is 11.8. The van der Waals surface area contributed by atoms with Crippen molar-refractivity contribution in [1.82, 2.24) is 15.1 Å². The molecule has 2 atom stereocenters. The average molecular weight is 264 g/mol. The van der Waals surface area contributed by atoms with Crippen LogP contribution in [0.15, 0.2) is 12.3 Å². The van der Waals surface area contributed by atoms with Gasteiger partial charge in [-0.25, -0.2) is 0 Å². The molecule has 0 aliphatic carbocycles. The van der Waals surface area contributed by atoms with E-state index in [2.05, 4.69) is 24.0 Å². The maximum absolute atomic E-state index is 12.3. The summed E-state index contributed by atoms with van der Waals surface area (Å²) in [4.78, 5) is 14.2. The molecule has 0 aromatic carbocycles. The van der Waals surface area contributed by atoms with Gasteiger partial charge in [0.05, 0.1) is 6.04 Å². The molecule has 0 saturated carbocycles. The number of amides is 1. The molecule has 1 aliphatic rings. The van der Waals surface area contributed by atoms with Crippen molar-refractivity contribution in [2.45, 2.75) is 45.1 Å². The van der Waals surface area contributed by atoms with E-state index in [0.717, 1.165) is 38.0 Å². The molecule has 1 aromatic heterocycles. The van der Waals surface area contributed by atoms with Crippen molar-refractivity contribution in [3.8, 4) is 0 Å². The van der Waals surface area contributed by atoms with Crippen molar-refractivity contribution < 1.29 is 4.79 Å². The highest BCUT2D eigenvalue weighted by molar-refractivity contribution is 5.81. The predicted molar refractivity (Wildman–Crippen MR) is 74.6 cm³/mol. The summed E-state index contributed by atoms with van der Waals surface area (Å²) in [6, 6.07) is 1.63. The lowest BCUT2D eigenvalue weighted by Gasteiger charge is -2.34. The molecule has 1 aliphatic heterocycles. The first kappa shape index (κ1) is 14.1. The summed E-state index contributed by atoms with van der Waals surface area (Å²) >= 11 is 0. The number of H-pyrrole nitrogens is 1. The van der Waals surface area contributed by atoms with Crippen molar-refractivity contribution in [3.05, 3.63) is 18.0 Å². The molecule has 19 heavy (non-hydrogen) atoms. The first-order valence-corrected chi connectivity index (χ1v) is 7.11. The molecule has 3 N–H and O–H groups in total. The number of carbonyl (C=O) groups excluding carboxylic acids is 1. The molecule has 5 heteroatoms. The van der Waals surface area contributed by atoms with E-state index in [1.807, 2.05) is 11.0 Å². The largest absolute Gasteiger partial charge is 0.341 e. The predicted octanol–water partition coefficient (Wildman–Crippen LogP) is 1.49. The van der Waals surface area contributed by atoms with E-state index in [9.17, 15) is 4.79 Å². The molecule has 1 fully saturated rings. The van der Waals surface area contributed by atoms with E-state index in [1.165, 1.54) is 0 Å². The number of hydrogen-bond acceptors (Lipinski definition) is 3. The van der Waals surface area contributed by atoms with Gasteiger partial charge in [0.25, 0.3) is 0 Å². The third-order valence-corrected chi connectivity index (χ3v) is 3.74. The second-order valence-electron chi connectivity index (χ2n) is 5.87. The third-order valence-electron chi connectivity index (χ3n) is 3.74. The molecule has 0 radical (unpaired) electrons. The summed E-state index contributed by atoms with van der Waals surface area (Å²) in [5, 5.41) is 7.00. The van der Waals surface area contributed by atoms with Gasteiger partial charge in [0, 0.05) is 30.9 Å². The number of aromatic amines is 1. The number of rotatable bonds is 4. The molecule has 1 aromatic rings. The minimum Gasteiger partial charge on any atom is -0.341 e. The van der Waals surface area contributed by atoms with Crippen LogP contribution in [0, 0.1) is 5.92 Å². The lowest BCUT2D eigenvalue weighted by molar-refractivity contribution is -0.134. The van der Waals surface area contributed by atoms with Gasteiger partial charge in [0.2, 0.25) is 5.91 Å². The van der Waals surface area contributed by atoms with E-state index in [4.69, 9.17) is 5.73 Å². The molecule has 2 heterocycles. The number of aromatic nitrogens is 2. The van der Waals surface area contributed by atoms with Crippen LogP contribution in [-0.4, -0.2) is 40.1 Å². The summed E-state index contributed by atoms with van der Waals surface area (Å²) in [5.41, 5.74) is 7.12. The van der Waals surface area contributed by atoms with Crippen molar-refractivity contribution in [2.24, 2.45) is 11.7 Å². The van der Waals surface area contributed by atoms with E-state index >= 15 is 0 Å². The summed E-state index contributed by atoms with van der Waals surface area (Å²) in [6.07, 6.45) is 4.65. The van der Waals surface area contributed by atoms with Crippen LogP contribution in [0.2, 0.25) is 0 Å². The minimum absolute atomic E-state index is 0.0953. The zero-order valence-corrected chi connectivity index (χ0v) is 11.8. The van der Waals surface area contributed by atoms with E-state index < -0.39 is 0 Å². The summed E-state index contributed by atoms with van der Waals surface area (Å²) in [6.45, 7) is 5.77. The number of carbonyl (C=O) groups is 1. The second-order valence-corrected chi connectivity index (χ2v) is 5.87. The number of hydrogen-bond donors (Lipinski definition) is 2. The normalized spacial score (nSPS) is 21.7. The quantitative estimate of drug-likeness (QED) is 0.865. The van der Waals surface area contributed by atoms with Crippen LogP contribution in [0.25, 0.3) is 0 Å². The number of piperidine rings is 1. The monoisotopic (exact) mass is 264 g/mol. The van der Waals surface area contributed by atoms with Gasteiger partial charge in [-0.1, -0.05) is 13.8 Å². The number of nitrogens with two attached hydrogens (primary N) is 1. The van der Waals surface area contributed by atoms with Gasteiger partial charge in [-0.3, -0.25) is 9.89 Å². The Morgan fingerprint density at radius 3 is 3.05 bits per heavy atom. The van der Waals surface area contributed by atoms with E-state index in [1.54, 1.807) is 6.20 Å². The molecule has 1 saturated heterocycles. The first-order valence-electron chi connectivity index (χ1n) is 7.11. The highest BCUT2D eigenvalue weighted by Gasteiger charge is 2.28. The van der Waals surface area contributed by atoms with E-state index in [0.29, 0.717) is 11.8 Å². The van der Waals surface area contributed by atoms with Crippen molar-refractivity contribution in [3.63, 3.8) is 0 Å². The van der Waals surface area contributed by atoms with Crippen LogP contribution in [-0.2, 0) is 4.79 Å². The van der Waals surface area contributed by atoms with Gasteiger partial charge in [-0.2, -0.15) is 5.10 Å². The fourth-order valence-electron chi connectivity index (χ4n) is 2.77. The lowest BCUT2D eigenvalue weighted by atomic mass is 9.94. The van der Waals surface area contributed by atoms with Crippen LogP contribution in [0.5, 0.6) is 0 Å². The van der Waals surface area contributed by atoms with Gasteiger partial charge in [0.15, 0.2) is 0 Å². The Labute approximate surface area is 114 Å². The fourth-order valence-corrected chi connectivity index (χ4v) is 2.77. The van der Waals surface area contributed by atoms with Gasteiger partial charge in [-0.15, -0.1) is 0 Å². The molecule has 1 amide bonds. The van der Waals surface area contributed by atoms with Crippen LogP contribution < -0.4 is 5.73 Å². The van der Waals surface area contributed by atoms with Crippen LogP contribution in [0.3, 0.4) is 0 Å². The number of nitrogens with zero attached hydrogens (tertiary/aromatic N) is 2. The topological polar surface area (TPSA) is 75.0 Å². The maximum atomic E-state index is 12.3. The molecule has 2 unspecified atom stereocenters. The highest BCUT2D eigenvalue weighted by Crippen LogP contribution is 2.25. The Balaban J connectivity index is 1.95. The van der Waals surface area contributed by atoms with E-state index in [-0.39, 0.29) is 11.9 Å². The minimum atomic E-state index is -0.361. The van der Waals surface area contributed by atoms with Crippen LogP contribution >= 0.6 is 0 Å². The standard InChI is InChI=1S/C14H24N4O/c1-10(2)8-12(15)14(19)18-7-3-4-11(9-18)13-5-6-16-17-13/h5-6,10-12H,3-4,7-9,15H2,1-2H3,(H,16,17). The molecular weight excluding hydrogens is 240 g/mol. The lowest BCUT2D eigenvalue weighted by Crippen LogP contribution is -2.48. The summed E-state index contributed by atoms with van der Waals surface area (Å²) in [7, 11) is 0. The maximum Gasteiger partial charge on any atom is 0.239 e. The van der Waals surface area contributed by atoms with Crippen LogP contribution in [0.4, 0.5) is 0 Å². The van der Waals surface area contributed by atoms with Gasteiger partial charge in [0.1, 0.15) is 0 Å². The Hall–Kier alpha value is -1.36. The average Bonchev–Trinajstić information content (AvgIpc) is 2.91. The van der Waals surface area contributed by atoms with Gasteiger partial charge >= 0.3 is 0 Å². The molecule has 0 spiro atoms. The Bertz CT molecular complexity index is 402. The Kier molecular flexibility index (Phi) is 4.58. The summed E-state index contributed by atoms with van der Waals surface area (Å²) in [5.74, 6) is 0.913. The SMILES string of the molecule is CC(C)CC(N)C(=O)N1CCCC(c2ccn[nH]2)C1. The highest BCUT2D eigenvalue weighted by atomic mass is 16.2. The fraction of sp³-hybridized carbons (Fsp3) is 0.714. The van der Waals surface area contributed by atoms with Crippen molar-refractivity contribution in [2.75, 3.05) is 13.1 Å². The molecule has 5 nitrogen and oxygen atoms in total. The van der Waals surface area contributed by atoms with Crippen molar-refractivity contribution >= 4 is 5.91 Å². The van der Waals surface area contributed by atoms with Crippen LogP contribution in [0.1, 0.15) is 44.7 Å². The zero-order chi connectivity index (χ0) is 13.8. The Morgan fingerprint density at radius 1 is 1.63 bits per heavy atom. The number of nitrogens with one attached hydrogen (secondary N) is 1. The molecule has 106 valence electrons. The first-order chi connectivity index (χ1) is 9.08. The molecular formula is C14H24N4O.